The zero-order valence-corrected chi connectivity index (χ0v) is 10.9. The van der Waals surface area contributed by atoms with E-state index in [-0.39, 0.29) is 10.6 Å². The highest BCUT2D eigenvalue weighted by Crippen LogP contribution is 2.25. The molecule has 0 unspecified atom stereocenters. The molecule has 0 bridgehead atoms. The molecule has 1 rings (SSSR count). The van der Waals surface area contributed by atoms with Crippen LogP contribution in [0.3, 0.4) is 0 Å². The summed E-state index contributed by atoms with van der Waals surface area (Å²) in [6.45, 7) is 0. The Morgan fingerprint density at radius 1 is 1.62 bits per heavy atom. The summed E-state index contributed by atoms with van der Waals surface area (Å²) < 4.78 is 6.06. The first-order valence-corrected chi connectivity index (χ1v) is 5.53. The van der Waals surface area contributed by atoms with Gasteiger partial charge in [0, 0.05) is 10.0 Å². The molecule has 3 nitrogen and oxygen atoms in total. The van der Waals surface area contributed by atoms with E-state index >= 15 is 0 Å². The van der Waals surface area contributed by atoms with Gasteiger partial charge in [0.1, 0.15) is 16.8 Å². The number of nitrogens with zero attached hydrogens (tertiary/aromatic N) is 1. The average Bonchev–Trinajstić information content (AvgIpc) is 2.25. The molecule has 0 heterocycles. The first-order chi connectivity index (χ1) is 7.58. The first-order valence-electron chi connectivity index (χ1n) is 4.33. The van der Waals surface area contributed by atoms with Crippen LogP contribution in [0.15, 0.2) is 28.2 Å². The molecule has 82 valence electrons. The van der Waals surface area contributed by atoms with Gasteiger partial charge in [-0.25, -0.2) is 0 Å². The van der Waals surface area contributed by atoms with Gasteiger partial charge in [0.15, 0.2) is 0 Å². The minimum Gasteiger partial charge on any atom is -0.496 e. The molecule has 16 heavy (non-hydrogen) atoms. The maximum absolute atomic E-state index is 8.85. The van der Waals surface area contributed by atoms with E-state index in [2.05, 4.69) is 15.9 Å². The Kier molecular flexibility index (Phi) is 4.47. The second kappa shape index (κ2) is 5.64. The molecule has 0 radical (unpaired) electrons. The Bertz CT molecular complexity index is 491. The van der Waals surface area contributed by atoms with Crippen LogP contribution in [0.25, 0.3) is 6.08 Å². The lowest BCUT2D eigenvalue weighted by atomic mass is 10.1. The Morgan fingerprint density at radius 3 is 2.81 bits per heavy atom. The molecule has 0 spiro atoms. The van der Waals surface area contributed by atoms with Crippen molar-refractivity contribution in [1.29, 1.82) is 5.26 Å². The number of rotatable bonds is 3. The topological polar surface area (TPSA) is 59.0 Å². The minimum atomic E-state index is 0.0736. The summed E-state index contributed by atoms with van der Waals surface area (Å²) in [6.07, 6.45) is 1.60. The van der Waals surface area contributed by atoms with Crippen molar-refractivity contribution in [3.05, 3.63) is 33.8 Å². The number of methoxy groups -OCH3 is 1. The van der Waals surface area contributed by atoms with Crippen LogP contribution in [-0.4, -0.2) is 12.1 Å². The number of hydrogen-bond acceptors (Lipinski definition) is 3. The molecular formula is C11H9BrN2OS. The summed E-state index contributed by atoms with van der Waals surface area (Å²) in [7, 11) is 1.56. The van der Waals surface area contributed by atoms with E-state index < -0.39 is 0 Å². The molecule has 0 fully saturated rings. The summed E-state index contributed by atoms with van der Waals surface area (Å²) >= 11 is 8.10. The quantitative estimate of drug-likeness (QED) is 0.529. The normalized spacial score (nSPS) is 10.7. The van der Waals surface area contributed by atoms with Crippen LogP contribution in [0.5, 0.6) is 5.75 Å². The largest absolute Gasteiger partial charge is 0.496 e. The molecule has 2 N–H and O–H groups in total. The van der Waals surface area contributed by atoms with E-state index in [0.29, 0.717) is 5.75 Å². The third-order valence-electron chi connectivity index (χ3n) is 1.88. The van der Waals surface area contributed by atoms with Gasteiger partial charge < -0.3 is 10.5 Å². The van der Waals surface area contributed by atoms with Crippen LogP contribution in [0.1, 0.15) is 5.56 Å². The van der Waals surface area contributed by atoms with Crippen LogP contribution in [0.2, 0.25) is 0 Å². The summed E-state index contributed by atoms with van der Waals surface area (Å²) in [5, 5.41) is 8.85. The molecule has 0 aliphatic rings. The van der Waals surface area contributed by atoms with Gasteiger partial charge in [-0.15, -0.1) is 0 Å². The zero-order valence-electron chi connectivity index (χ0n) is 8.53. The van der Waals surface area contributed by atoms with Gasteiger partial charge in [-0.1, -0.05) is 28.1 Å². The number of halogens is 1. The van der Waals surface area contributed by atoms with E-state index in [1.807, 2.05) is 18.2 Å². The molecule has 1 aromatic carbocycles. The number of nitrogens with two attached hydrogens (primary N) is 1. The van der Waals surface area contributed by atoms with Gasteiger partial charge >= 0.3 is 0 Å². The molecule has 0 aromatic heterocycles. The Labute approximate surface area is 108 Å². The predicted octanol–water partition coefficient (Wildman–Crippen LogP) is 2.65. The molecule has 0 amide bonds. The fourth-order valence-corrected chi connectivity index (χ4v) is 1.62. The highest BCUT2D eigenvalue weighted by Gasteiger charge is 2.05. The van der Waals surface area contributed by atoms with Crippen LogP contribution in [0, 0.1) is 11.3 Å². The van der Waals surface area contributed by atoms with Crippen molar-refractivity contribution < 1.29 is 4.74 Å². The van der Waals surface area contributed by atoms with Gasteiger partial charge in [0.05, 0.1) is 12.7 Å². The molecular weight excluding hydrogens is 288 g/mol. The second-order valence-corrected chi connectivity index (χ2v) is 4.28. The fraction of sp³-hybridized carbons (Fsp3) is 0.0909. The molecule has 1 aromatic rings. The van der Waals surface area contributed by atoms with Gasteiger partial charge in [-0.2, -0.15) is 5.26 Å². The molecule has 0 saturated heterocycles. The molecule has 0 atom stereocenters. The Hall–Kier alpha value is -1.38. The number of benzene rings is 1. The van der Waals surface area contributed by atoms with Gasteiger partial charge in [0.25, 0.3) is 0 Å². The standard InChI is InChI=1S/C11H9BrN2OS/c1-15-10-3-2-9(12)5-7(10)4-8(6-13)11(14)16/h2-5H,1H3,(H2,14,16). The van der Waals surface area contributed by atoms with Crippen molar-refractivity contribution in [1.82, 2.24) is 0 Å². The number of nitriles is 1. The van der Waals surface area contributed by atoms with E-state index in [1.54, 1.807) is 19.3 Å². The van der Waals surface area contributed by atoms with Crippen molar-refractivity contribution in [3.8, 4) is 11.8 Å². The summed E-state index contributed by atoms with van der Waals surface area (Å²) in [5.74, 6) is 0.659. The highest BCUT2D eigenvalue weighted by atomic mass is 79.9. The Balaban J connectivity index is 3.27. The smallest absolute Gasteiger partial charge is 0.126 e. The highest BCUT2D eigenvalue weighted by molar-refractivity contribution is 9.10. The van der Waals surface area contributed by atoms with Gasteiger partial charge in [-0.05, 0) is 24.3 Å². The SMILES string of the molecule is COc1ccc(Br)cc1C=C(C#N)C(N)=S. The number of ether oxygens (including phenoxy) is 1. The maximum Gasteiger partial charge on any atom is 0.126 e. The van der Waals surface area contributed by atoms with Crippen LogP contribution in [0.4, 0.5) is 0 Å². The number of thiocarbonyl (C=S) groups is 1. The van der Waals surface area contributed by atoms with E-state index in [9.17, 15) is 0 Å². The maximum atomic E-state index is 8.85. The van der Waals surface area contributed by atoms with Crippen molar-refractivity contribution in [3.63, 3.8) is 0 Å². The lowest BCUT2D eigenvalue weighted by molar-refractivity contribution is 0.414. The molecule has 0 saturated carbocycles. The van der Waals surface area contributed by atoms with Crippen molar-refractivity contribution >= 4 is 39.2 Å². The lowest BCUT2D eigenvalue weighted by Gasteiger charge is -2.05. The van der Waals surface area contributed by atoms with Crippen molar-refractivity contribution in [2.75, 3.05) is 7.11 Å². The van der Waals surface area contributed by atoms with E-state index in [0.717, 1.165) is 10.0 Å². The molecule has 0 aliphatic heterocycles. The van der Waals surface area contributed by atoms with Crippen molar-refractivity contribution in [2.24, 2.45) is 5.73 Å². The fourth-order valence-electron chi connectivity index (χ4n) is 1.13. The van der Waals surface area contributed by atoms with Crippen LogP contribution >= 0.6 is 28.1 Å². The van der Waals surface area contributed by atoms with E-state index in [1.165, 1.54) is 0 Å². The van der Waals surface area contributed by atoms with Crippen molar-refractivity contribution in [2.45, 2.75) is 0 Å². The predicted molar refractivity (Wildman–Crippen MR) is 71.1 cm³/mol. The van der Waals surface area contributed by atoms with Gasteiger partial charge in [0.2, 0.25) is 0 Å². The summed E-state index contributed by atoms with van der Waals surface area (Å²) in [6, 6.07) is 7.42. The monoisotopic (exact) mass is 296 g/mol. The Morgan fingerprint density at radius 2 is 2.31 bits per heavy atom. The number of hydrogen-bond donors (Lipinski definition) is 1. The zero-order chi connectivity index (χ0) is 12.1. The average molecular weight is 297 g/mol. The van der Waals surface area contributed by atoms with Gasteiger partial charge in [-0.3, -0.25) is 0 Å². The third kappa shape index (κ3) is 3.05. The van der Waals surface area contributed by atoms with E-state index in [4.69, 9.17) is 28.0 Å². The van der Waals surface area contributed by atoms with Crippen LogP contribution < -0.4 is 10.5 Å². The first kappa shape index (κ1) is 12.7. The van der Waals surface area contributed by atoms with Crippen LogP contribution in [-0.2, 0) is 0 Å². The molecule has 0 aliphatic carbocycles. The lowest BCUT2D eigenvalue weighted by Crippen LogP contribution is -2.09. The minimum absolute atomic E-state index is 0.0736. The molecule has 5 heteroatoms. The summed E-state index contributed by atoms with van der Waals surface area (Å²) in [4.78, 5) is 0.0736. The summed E-state index contributed by atoms with van der Waals surface area (Å²) in [5.41, 5.74) is 6.42. The third-order valence-corrected chi connectivity index (χ3v) is 2.59. The second-order valence-electron chi connectivity index (χ2n) is 2.92.